The van der Waals surface area contributed by atoms with Crippen LogP contribution in [0.1, 0.15) is 36.1 Å². The average molecular weight is 410 g/mol. The predicted octanol–water partition coefficient (Wildman–Crippen LogP) is 4.40. The smallest absolute Gasteiger partial charge is 0.247 e. The Morgan fingerprint density at radius 2 is 1.90 bits per heavy atom. The Balaban J connectivity index is 1.74. The van der Waals surface area contributed by atoms with Gasteiger partial charge in [-0.1, -0.05) is 61.2 Å². The van der Waals surface area contributed by atoms with Gasteiger partial charge in [-0.15, -0.1) is 10.2 Å². The van der Waals surface area contributed by atoms with E-state index < -0.39 is 6.04 Å². The molecule has 1 amide bonds. The van der Waals surface area contributed by atoms with Gasteiger partial charge in [0.05, 0.1) is 0 Å². The molecule has 0 saturated heterocycles. The van der Waals surface area contributed by atoms with Crippen LogP contribution in [0.15, 0.2) is 53.7 Å². The van der Waals surface area contributed by atoms with Gasteiger partial charge in [0.1, 0.15) is 6.04 Å². The summed E-state index contributed by atoms with van der Waals surface area (Å²) in [5.74, 6) is 0.977. The van der Waals surface area contributed by atoms with Gasteiger partial charge in [0.25, 0.3) is 0 Å². The number of nitrogens with zero attached hydrogens (tertiary/aromatic N) is 3. The Labute approximate surface area is 175 Å². The Morgan fingerprint density at radius 1 is 1.14 bits per heavy atom. The summed E-state index contributed by atoms with van der Waals surface area (Å²) in [6, 6.07) is 15.7. The fourth-order valence-corrected chi connectivity index (χ4v) is 4.15. The van der Waals surface area contributed by atoms with E-state index in [1.54, 1.807) is 16.3 Å². The predicted molar refractivity (Wildman–Crippen MR) is 119 cm³/mol. The molecule has 0 aliphatic heterocycles. The number of thioether (sulfide) groups is 1. The molecule has 3 N–H and O–H groups in total. The highest BCUT2D eigenvalue weighted by atomic mass is 32.2. The number of aromatic nitrogens is 3. The lowest BCUT2D eigenvalue weighted by molar-refractivity contribution is -0.119. The lowest BCUT2D eigenvalue weighted by atomic mass is 10.1. The third-order valence-corrected chi connectivity index (χ3v) is 5.96. The lowest BCUT2D eigenvalue weighted by Gasteiger charge is -2.20. The molecule has 0 radical (unpaired) electrons. The van der Waals surface area contributed by atoms with E-state index in [2.05, 4.69) is 27.6 Å². The summed E-state index contributed by atoms with van der Waals surface area (Å²) in [4.78, 5) is 13.1. The van der Waals surface area contributed by atoms with Crippen molar-refractivity contribution < 1.29 is 4.79 Å². The minimum absolute atomic E-state index is 0.113. The van der Waals surface area contributed by atoms with Crippen molar-refractivity contribution in [2.45, 2.75) is 44.8 Å². The molecule has 152 valence electrons. The average Bonchev–Trinajstić information content (AvgIpc) is 3.07. The van der Waals surface area contributed by atoms with Crippen molar-refractivity contribution in [3.05, 3.63) is 65.2 Å². The second kappa shape index (κ2) is 9.60. The van der Waals surface area contributed by atoms with Crippen molar-refractivity contribution in [3.8, 4) is 0 Å². The van der Waals surface area contributed by atoms with Gasteiger partial charge in [-0.05, 0) is 49.4 Å². The Bertz CT molecular complexity index is 971. The van der Waals surface area contributed by atoms with Crippen LogP contribution in [-0.2, 0) is 11.2 Å². The number of hydrogen-bond donors (Lipinski definition) is 2. The first-order chi connectivity index (χ1) is 14.0. The second-order valence-electron chi connectivity index (χ2n) is 6.96. The Morgan fingerprint density at radius 3 is 2.62 bits per heavy atom. The fraction of sp³-hybridized carbons (Fsp3) is 0.318. The van der Waals surface area contributed by atoms with Gasteiger partial charge in [-0.2, -0.15) is 0 Å². The number of carbonyl (C=O) groups excluding carboxylic acids is 1. The molecule has 0 saturated carbocycles. The molecule has 0 aliphatic carbocycles. The van der Waals surface area contributed by atoms with Gasteiger partial charge in [0, 0.05) is 11.4 Å². The summed E-state index contributed by atoms with van der Waals surface area (Å²) in [6.45, 7) is 6.00. The van der Waals surface area contributed by atoms with E-state index in [0.717, 1.165) is 29.0 Å². The van der Waals surface area contributed by atoms with Crippen LogP contribution in [0.2, 0.25) is 0 Å². The zero-order valence-corrected chi connectivity index (χ0v) is 17.9. The summed E-state index contributed by atoms with van der Waals surface area (Å²) in [5, 5.41) is 11.9. The van der Waals surface area contributed by atoms with E-state index in [4.69, 9.17) is 5.73 Å². The first-order valence-electron chi connectivity index (χ1n) is 9.75. The molecule has 3 aromatic rings. The molecule has 7 heteroatoms. The van der Waals surface area contributed by atoms with Crippen molar-refractivity contribution in [1.82, 2.24) is 14.8 Å². The summed E-state index contributed by atoms with van der Waals surface area (Å²) >= 11 is 1.57. The topological polar surface area (TPSA) is 85.8 Å². The maximum Gasteiger partial charge on any atom is 0.247 e. The third kappa shape index (κ3) is 4.98. The van der Waals surface area contributed by atoms with Crippen LogP contribution in [0.4, 0.5) is 11.6 Å². The molecule has 0 bridgehead atoms. The number of hydrogen-bond acceptors (Lipinski definition) is 5. The molecule has 1 atom stereocenters. The van der Waals surface area contributed by atoms with E-state index in [1.807, 2.05) is 57.2 Å². The van der Waals surface area contributed by atoms with Crippen LogP contribution >= 0.6 is 11.8 Å². The lowest BCUT2D eigenvalue weighted by Crippen LogP contribution is -2.27. The van der Waals surface area contributed by atoms with Crippen molar-refractivity contribution >= 4 is 29.3 Å². The van der Waals surface area contributed by atoms with E-state index in [9.17, 15) is 4.79 Å². The first kappa shape index (κ1) is 20.9. The van der Waals surface area contributed by atoms with Crippen LogP contribution in [0.25, 0.3) is 0 Å². The first-order valence-corrected chi connectivity index (χ1v) is 10.7. The summed E-state index contributed by atoms with van der Waals surface area (Å²) < 4.78 is 1.75. The number of nitrogens with one attached hydrogen (secondary N) is 1. The third-order valence-electron chi connectivity index (χ3n) is 5.02. The number of nitrogen functional groups attached to an aromatic ring is 1. The molecule has 2 aromatic carbocycles. The fourth-order valence-electron chi connectivity index (χ4n) is 3.17. The maximum absolute atomic E-state index is 13.1. The Hall–Kier alpha value is -2.80. The van der Waals surface area contributed by atoms with Gasteiger partial charge in [-0.25, -0.2) is 0 Å². The Kier molecular flexibility index (Phi) is 6.93. The van der Waals surface area contributed by atoms with Crippen LogP contribution < -0.4 is 11.1 Å². The quantitative estimate of drug-likeness (QED) is 0.539. The molecule has 6 nitrogen and oxygen atoms in total. The number of carbonyl (C=O) groups is 1. The molecule has 0 fully saturated rings. The van der Waals surface area contributed by atoms with Crippen molar-refractivity contribution in [2.75, 3.05) is 16.8 Å². The molecule has 3 rings (SSSR count). The molecule has 1 unspecified atom stereocenters. The number of anilines is 2. The van der Waals surface area contributed by atoms with Gasteiger partial charge in [0.15, 0.2) is 5.16 Å². The SMILES string of the molecule is CCC(C(=O)Nc1cccc(C)c1C)n1c(N)nnc1SCCc1ccccc1. The van der Waals surface area contributed by atoms with Gasteiger partial charge < -0.3 is 11.1 Å². The van der Waals surface area contributed by atoms with Crippen molar-refractivity contribution in [1.29, 1.82) is 0 Å². The molecule has 1 heterocycles. The van der Waals surface area contributed by atoms with E-state index in [-0.39, 0.29) is 11.9 Å². The molecule has 1 aromatic heterocycles. The molecule has 29 heavy (non-hydrogen) atoms. The van der Waals surface area contributed by atoms with Crippen molar-refractivity contribution in [3.63, 3.8) is 0 Å². The summed E-state index contributed by atoms with van der Waals surface area (Å²) in [6.07, 6.45) is 1.49. The normalized spacial score (nSPS) is 12.0. The minimum atomic E-state index is -0.468. The zero-order valence-electron chi connectivity index (χ0n) is 17.1. The number of aryl methyl sites for hydroxylation is 2. The molecular weight excluding hydrogens is 382 g/mol. The van der Waals surface area contributed by atoms with E-state index >= 15 is 0 Å². The van der Waals surface area contributed by atoms with Gasteiger partial charge >= 0.3 is 0 Å². The number of nitrogens with two attached hydrogens (primary N) is 1. The van der Waals surface area contributed by atoms with Crippen molar-refractivity contribution in [2.24, 2.45) is 0 Å². The highest BCUT2D eigenvalue weighted by Crippen LogP contribution is 2.27. The second-order valence-corrected chi connectivity index (χ2v) is 8.02. The minimum Gasteiger partial charge on any atom is -0.368 e. The largest absolute Gasteiger partial charge is 0.368 e. The van der Waals surface area contributed by atoms with Crippen LogP contribution in [0.3, 0.4) is 0 Å². The number of rotatable bonds is 8. The van der Waals surface area contributed by atoms with E-state index in [1.165, 1.54) is 5.56 Å². The maximum atomic E-state index is 13.1. The van der Waals surface area contributed by atoms with Crippen LogP contribution in [0.5, 0.6) is 0 Å². The monoisotopic (exact) mass is 409 g/mol. The zero-order chi connectivity index (χ0) is 20.8. The summed E-state index contributed by atoms with van der Waals surface area (Å²) in [5.41, 5.74) is 10.4. The molecular formula is C22H27N5OS. The standard InChI is InChI=1S/C22H27N5OS/c1-4-19(20(28)24-18-12-8-9-15(2)16(18)3)27-21(23)25-26-22(27)29-14-13-17-10-6-5-7-11-17/h5-12,19H,4,13-14H2,1-3H3,(H2,23,25)(H,24,28). The van der Waals surface area contributed by atoms with Gasteiger partial charge in [-0.3, -0.25) is 9.36 Å². The summed E-state index contributed by atoms with van der Waals surface area (Å²) in [7, 11) is 0. The highest BCUT2D eigenvalue weighted by molar-refractivity contribution is 7.99. The molecule has 0 aliphatic rings. The van der Waals surface area contributed by atoms with Crippen LogP contribution in [-0.4, -0.2) is 26.4 Å². The van der Waals surface area contributed by atoms with Crippen LogP contribution in [0, 0.1) is 13.8 Å². The molecule has 0 spiro atoms. The van der Waals surface area contributed by atoms with E-state index in [0.29, 0.717) is 11.6 Å². The van der Waals surface area contributed by atoms with Gasteiger partial charge in [0.2, 0.25) is 11.9 Å². The number of benzene rings is 2. The highest BCUT2D eigenvalue weighted by Gasteiger charge is 2.25. The number of amides is 1.